The summed E-state index contributed by atoms with van der Waals surface area (Å²) < 4.78 is 23.7. The van der Waals surface area contributed by atoms with Gasteiger partial charge in [-0.15, -0.1) is 11.3 Å². The normalized spacial score (nSPS) is 11.4. The molecular formula is C21H22N2O3S2. The topological polar surface area (TPSA) is 76.1 Å². The third kappa shape index (κ3) is 4.66. The molecule has 7 heteroatoms. The van der Waals surface area contributed by atoms with Gasteiger partial charge in [-0.05, 0) is 37.1 Å². The van der Waals surface area contributed by atoms with Crippen molar-refractivity contribution in [3.05, 3.63) is 64.5 Å². The van der Waals surface area contributed by atoms with Gasteiger partial charge < -0.3 is 5.32 Å². The lowest BCUT2D eigenvalue weighted by Crippen LogP contribution is -2.14. The molecule has 0 bridgehead atoms. The summed E-state index contributed by atoms with van der Waals surface area (Å²) in [5.74, 6) is -0.132. The molecule has 146 valence electrons. The van der Waals surface area contributed by atoms with Gasteiger partial charge in [0.1, 0.15) is 0 Å². The Morgan fingerprint density at radius 2 is 1.82 bits per heavy atom. The molecule has 0 unspecified atom stereocenters. The SMILES string of the molecule is CCS(=O)(=O)c1ccc(CC(=O)Nc2nc(-c3ccc(C)cc3C)cs2)cc1. The number of nitrogens with one attached hydrogen (secondary N) is 1. The molecule has 0 aliphatic carbocycles. The van der Waals surface area contributed by atoms with E-state index in [4.69, 9.17) is 0 Å². The third-order valence-electron chi connectivity index (χ3n) is 4.44. The van der Waals surface area contributed by atoms with Gasteiger partial charge in [0, 0.05) is 10.9 Å². The van der Waals surface area contributed by atoms with E-state index in [0.29, 0.717) is 5.13 Å². The second-order valence-corrected chi connectivity index (χ2v) is 9.76. The molecule has 28 heavy (non-hydrogen) atoms. The van der Waals surface area contributed by atoms with E-state index in [1.807, 2.05) is 31.4 Å². The van der Waals surface area contributed by atoms with E-state index >= 15 is 0 Å². The lowest BCUT2D eigenvalue weighted by atomic mass is 10.0. The number of anilines is 1. The van der Waals surface area contributed by atoms with Crippen LogP contribution in [0.2, 0.25) is 0 Å². The number of carbonyl (C=O) groups is 1. The van der Waals surface area contributed by atoms with Crippen molar-refractivity contribution in [2.24, 2.45) is 0 Å². The number of aryl methyl sites for hydroxylation is 2. The first kappa shape index (κ1) is 20.2. The van der Waals surface area contributed by atoms with Crippen LogP contribution in [-0.4, -0.2) is 25.1 Å². The Balaban J connectivity index is 1.66. The molecule has 0 fully saturated rings. The van der Waals surface area contributed by atoms with Gasteiger partial charge in [0.05, 0.1) is 22.8 Å². The van der Waals surface area contributed by atoms with E-state index in [-0.39, 0.29) is 23.0 Å². The summed E-state index contributed by atoms with van der Waals surface area (Å²) in [5.41, 5.74) is 4.98. The highest BCUT2D eigenvalue weighted by Gasteiger charge is 2.13. The van der Waals surface area contributed by atoms with E-state index in [0.717, 1.165) is 22.4 Å². The van der Waals surface area contributed by atoms with Crippen molar-refractivity contribution in [1.29, 1.82) is 0 Å². The Labute approximate surface area is 169 Å². The van der Waals surface area contributed by atoms with Crippen LogP contribution in [0.5, 0.6) is 0 Å². The summed E-state index contributed by atoms with van der Waals surface area (Å²) in [6.45, 7) is 5.70. The molecule has 1 amide bonds. The summed E-state index contributed by atoms with van der Waals surface area (Å²) in [6, 6.07) is 12.6. The summed E-state index contributed by atoms with van der Waals surface area (Å²) in [7, 11) is -3.23. The van der Waals surface area contributed by atoms with Gasteiger partial charge in [-0.25, -0.2) is 13.4 Å². The summed E-state index contributed by atoms with van der Waals surface area (Å²) in [4.78, 5) is 17.1. The zero-order chi connectivity index (χ0) is 20.3. The average molecular weight is 415 g/mol. The second-order valence-electron chi connectivity index (χ2n) is 6.63. The second kappa shape index (κ2) is 8.24. The quantitative estimate of drug-likeness (QED) is 0.648. The average Bonchev–Trinajstić information content (AvgIpc) is 3.10. The number of rotatable bonds is 6. The van der Waals surface area contributed by atoms with Crippen LogP contribution in [0.4, 0.5) is 5.13 Å². The van der Waals surface area contributed by atoms with Crippen LogP contribution in [0.25, 0.3) is 11.3 Å². The highest BCUT2D eigenvalue weighted by molar-refractivity contribution is 7.91. The minimum Gasteiger partial charge on any atom is -0.302 e. The minimum atomic E-state index is -3.23. The zero-order valence-corrected chi connectivity index (χ0v) is 17.7. The fourth-order valence-corrected chi connectivity index (χ4v) is 4.50. The predicted octanol–water partition coefficient (Wildman–Crippen LogP) is 4.40. The highest BCUT2D eigenvalue weighted by Crippen LogP contribution is 2.28. The van der Waals surface area contributed by atoms with E-state index < -0.39 is 9.84 Å². The van der Waals surface area contributed by atoms with Crippen LogP contribution in [0.3, 0.4) is 0 Å². The van der Waals surface area contributed by atoms with Crippen molar-refractivity contribution in [3.63, 3.8) is 0 Å². The van der Waals surface area contributed by atoms with Crippen molar-refractivity contribution in [2.75, 3.05) is 11.1 Å². The number of aromatic nitrogens is 1. The van der Waals surface area contributed by atoms with Gasteiger partial charge in [0.25, 0.3) is 0 Å². The number of thiazole rings is 1. The van der Waals surface area contributed by atoms with Gasteiger partial charge >= 0.3 is 0 Å². The molecule has 0 radical (unpaired) electrons. The van der Waals surface area contributed by atoms with Crippen LogP contribution in [0.15, 0.2) is 52.7 Å². The van der Waals surface area contributed by atoms with Gasteiger partial charge in [0.15, 0.2) is 15.0 Å². The van der Waals surface area contributed by atoms with E-state index in [1.54, 1.807) is 31.2 Å². The van der Waals surface area contributed by atoms with E-state index in [2.05, 4.69) is 16.4 Å². The summed E-state index contributed by atoms with van der Waals surface area (Å²) in [6.07, 6.45) is 0.158. The fraction of sp³-hybridized carbons (Fsp3) is 0.238. The minimum absolute atomic E-state index is 0.0552. The number of benzene rings is 2. The number of nitrogens with zero attached hydrogens (tertiary/aromatic N) is 1. The number of amides is 1. The van der Waals surface area contributed by atoms with Crippen molar-refractivity contribution >= 4 is 32.2 Å². The maximum Gasteiger partial charge on any atom is 0.230 e. The Kier molecular flexibility index (Phi) is 5.96. The Morgan fingerprint density at radius 1 is 1.11 bits per heavy atom. The maximum absolute atomic E-state index is 12.3. The van der Waals surface area contributed by atoms with Gasteiger partial charge in [-0.3, -0.25) is 4.79 Å². The lowest BCUT2D eigenvalue weighted by molar-refractivity contribution is -0.115. The first-order chi connectivity index (χ1) is 13.3. The molecule has 5 nitrogen and oxygen atoms in total. The van der Waals surface area contributed by atoms with Gasteiger partial charge in [0.2, 0.25) is 5.91 Å². The van der Waals surface area contributed by atoms with Gasteiger partial charge in [-0.2, -0.15) is 0 Å². The number of hydrogen-bond acceptors (Lipinski definition) is 5. The first-order valence-electron chi connectivity index (χ1n) is 8.93. The molecule has 0 saturated heterocycles. The van der Waals surface area contributed by atoms with Crippen LogP contribution in [-0.2, 0) is 21.1 Å². The Bertz CT molecular complexity index is 1100. The molecule has 0 aliphatic rings. The smallest absolute Gasteiger partial charge is 0.230 e. The molecule has 0 saturated carbocycles. The predicted molar refractivity (Wildman–Crippen MR) is 114 cm³/mol. The van der Waals surface area contributed by atoms with Crippen LogP contribution in [0.1, 0.15) is 23.6 Å². The van der Waals surface area contributed by atoms with Crippen molar-refractivity contribution in [2.45, 2.75) is 32.1 Å². The third-order valence-corrected chi connectivity index (χ3v) is 6.94. The maximum atomic E-state index is 12.3. The van der Waals surface area contributed by atoms with Crippen molar-refractivity contribution in [3.8, 4) is 11.3 Å². The summed E-state index contributed by atoms with van der Waals surface area (Å²) in [5, 5.41) is 5.29. The number of sulfone groups is 1. The molecule has 1 N–H and O–H groups in total. The monoisotopic (exact) mass is 414 g/mol. The van der Waals surface area contributed by atoms with Crippen LogP contribution >= 0.6 is 11.3 Å². The molecule has 0 aliphatic heterocycles. The Hall–Kier alpha value is -2.51. The van der Waals surface area contributed by atoms with Crippen LogP contribution in [0, 0.1) is 13.8 Å². The molecule has 3 rings (SSSR count). The van der Waals surface area contributed by atoms with E-state index in [1.165, 1.54) is 16.9 Å². The Morgan fingerprint density at radius 3 is 2.46 bits per heavy atom. The van der Waals surface area contributed by atoms with Crippen molar-refractivity contribution in [1.82, 2.24) is 4.98 Å². The standard InChI is InChI=1S/C21H22N2O3S2/c1-4-28(25,26)17-8-6-16(7-9-17)12-20(24)23-21-22-19(13-27-21)18-10-5-14(2)11-15(18)3/h5-11,13H,4,12H2,1-3H3,(H,22,23,24). The first-order valence-corrected chi connectivity index (χ1v) is 11.5. The van der Waals surface area contributed by atoms with Gasteiger partial charge in [-0.1, -0.05) is 42.8 Å². The van der Waals surface area contributed by atoms with E-state index in [9.17, 15) is 13.2 Å². The lowest BCUT2D eigenvalue weighted by Gasteiger charge is -2.05. The molecule has 0 spiro atoms. The molecule has 1 aromatic heterocycles. The summed E-state index contributed by atoms with van der Waals surface area (Å²) >= 11 is 1.38. The molecule has 0 atom stereocenters. The van der Waals surface area contributed by atoms with Crippen molar-refractivity contribution < 1.29 is 13.2 Å². The largest absolute Gasteiger partial charge is 0.302 e. The number of hydrogen-bond donors (Lipinski definition) is 1. The molecule has 3 aromatic rings. The molecule has 2 aromatic carbocycles. The zero-order valence-electron chi connectivity index (χ0n) is 16.0. The van der Waals surface area contributed by atoms with Crippen LogP contribution < -0.4 is 5.32 Å². The number of carbonyl (C=O) groups excluding carboxylic acids is 1. The fourth-order valence-electron chi connectivity index (χ4n) is 2.89. The molecule has 1 heterocycles. The molecular weight excluding hydrogens is 392 g/mol. The highest BCUT2D eigenvalue weighted by atomic mass is 32.2.